The first-order valence-electron chi connectivity index (χ1n) is 8.40. The largest absolute Gasteiger partial charge is 0.344 e. The molecule has 1 atom stereocenters. The number of hydrogen-bond acceptors (Lipinski definition) is 3. The van der Waals surface area contributed by atoms with Gasteiger partial charge in [-0.1, -0.05) is 90.5 Å². The number of aryl methyl sites for hydroxylation is 1. The Morgan fingerprint density at radius 1 is 0.720 bits per heavy atom. The average molecular weight is 325 g/mol. The van der Waals surface area contributed by atoms with Gasteiger partial charge in [0.1, 0.15) is 12.0 Å². The molecule has 0 bridgehead atoms. The van der Waals surface area contributed by atoms with Crippen molar-refractivity contribution in [2.45, 2.75) is 13.1 Å². The summed E-state index contributed by atoms with van der Waals surface area (Å²) in [5.41, 5.74) is 4.45. The fourth-order valence-electron chi connectivity index (χ4n) is 2.83. The maximum Gasteiger partial charge on any atom is 0.159 e. The summed E-state index contributed by atoms with van der Waals surface area (Å²) in [6, 6.07) is 28.8. The molecule has 25 heavy (non-hydrogen) atoms. The highest BCUT2D eigenvalue weighted by Gasteiger charge is 2.20. The molecule has 0 amide bonds. The SMILES string of the molecule is Cc1ccc(C2N=C(c3ccccc3)N=C(c3ccccc3)N2)cc1. The minimum atomic E-state index is -0.150. The molecule has 0 aromatic heterocycles. The molecule has 1 aliphatic rings. The summed E-state index contributed by atoms with van der Waals surface area (Å²) in [6.45, 7) is 2.09. The van der Waals surface area contributed by atoms with Gasteiger partial charge in [-0.15, -0.1) is 0 Å². The van der Waals surface area contributed by atoms with Crippen LogP contribution in [0.1, 0.15) is 28.4 Å². The Morgan fingerprint density at radius 2 is 1.32 bits per heavy atom. The molecule has 0 aliphatic carbocycles. The molecule has 3 nitrogen and oxygen atoms in total. The van der Waals surface area contributed by atoms with E-state index in [-0.39, 0.29) is 6.17 Å². The number of aliphatic imine (C=N–C) groups is 2. The molecular weight excluding hydrogens is 306 g/mol. The third-order valence-corrected chi connectivity index (χ3v) is 4.21. The highest BCUT2D eigenvalue weighted by atomic mass is 15.2. The lowest BCUT2D eigenvalue weighted by atomic mass is 10.1. The first kappa shape index (κ1) is 15.3. The highest BCUT2D eigenvalue weighted by Crippen LogP contribution is 2.21. The van der Waals surface area contributed by atoms with Gasteiger partial charge in [0.05, 0.1) is 0 Å². The van der Waals surface area contributed by atoms with Gasteiger partial charge in [-0.25, -0.2) is 9.98 Å². The van der Waals surface area contributed by atoms with Crippen LogP contribution in [0.15, 0.2) is 94.9 Å². The molecule has 1 aliphatic heterocycles. The lowest BCUT2D eigenvalue weighted by molar-refractivity contribution is 0.674. The first-order chi connectivity index (χ1) is 12.3. The van der Waals surface area contributed by atoms with Crippen molar-refractivity contribution in [3.8, 4) is 0 Å². The normalized spacial score (nSPS) is 16.6. The summed E-state index contributed by atoms with van der Waals surface area (Å²) in [5, 5.41) is 3.47. The van der Waals surface area contributed by atoms with E-state index in [1.165, 1.54) is 5.56 Å². The summed E-state index contributed by atoms with van der Waals surface area (Å²) >= 11 is 0. The minimum Gasteiger partial charge on any atom is -0.344 e. The monoisotopic (exact) mass is 325 g/mol. The highest BCUT2D eigenvalue weighted by molar-refractivity contribution is 6.12. The summed E-state index contributed by atoms with van der Waals surface area (Å²) in [5.74, 6) is 1.60. The minimum absolute atomic E-state index is 0.150. The van der Waals surface area contributed by atoms with E-state index in [0.717, 1.165) is 28.4 Å². The average Bonchev–Trinajstić information content (AvgIpc) is 2.69. The number of amidine groups is 2. The van der Waals surface area contributed by atoms with E-state index < -0.39 is 0 Å². The van der Waals surface area contributed by atoms with E-state index in [2.05, 4.69) is 48.6 Å². The Balaban J connectivity index is 1.78. The van der Waals surface area contributed by atoms with Crippen molar-refractivity contribution in [2.24, 2.45) is 9.98 Å². The van der Waals surface area contributed by atoms with E-state index in [1.807, 2.05) is 48.5 Å². The summed E-state index contributed by atoms with van der Waals surface area (Å²) in [7, 11) is 0. The number of rotatable bonds is 3. The lowest BCUT2D eigenvalue weighted by Gasteiger charge is -2.23. The van der Waals surface area contributed by atoms with Crippen molar-refractivity contribution >= 4 is 11.7 Å². The standard InChI is InChI=1S/C22H19N3/c1-16-12-14-19(15-13-16)22-24-20(17-8-4-2-5-9-17)23-21(25-22)18-10-6-3-7-11-18/h2-15,22H,1H3,(H,23,24,25). The molecule has 1 N–H and O–H groups in total. The fraction of sp³-hybridized carbons (Fsp3) is 0.0909. The molecule has 3 aromatic rings. The Hall–Kier alpha value is -3.20. The lowest BCUT2D eigenvalue weighted by Crippen LogP contribution is -2.33. The smallest absolute Gasteiger partial charge is 0.159 e. The second-order valence-corrected chi connectivity index (χ2v) is 6.10. The third kappa shape index (κ3) is 3.36. The van der Waals surface area contributed by atoms with Crippen molar-refractivity contribution in [3.05, 3.63) is 107 Å². The van der Waals surface area contributed by atoms with Crippen molar-refractivity contribution in [1.29, 1.82) is 0 Å². The molecule has 122 valence electrons. The molecule has 0 spiro atoms. The van der Waals surface area contributed by atoms with Crippen molar-refractivity contribution in [1.82, 2.24) is 5.32 Å². The van der Waals surface area contributed by atoms with Crippen molar-refractivity contribution < 1.29 is 0 Å². The van der Waals surface area contributed by atoms with Crippen LogP contribution >= 0.6 is 0 Å². The Bertz CT molecular complexity index is 911. The van der Waals surface area contributed by atoms with Gasteiger partial charge < -0.3 is 5.32 Å². The molecule has 0 saturated heterocycles. The van der Waals surface area contributed by atoms with Gasteiger partial charge in [0.15, 0.2) is 5.84 Å². The molecule has 3 heteroatoms. The predicted molar refractivity (Wildman–Crippen MR) is 103 cm³/mol. The van der Waals surface area contributed by atoms with Crippen LogP contribution < -0.4 is 5.32 Å². The van der Waals surface area contributed by atoms with Gasteiger partial charge in [-0.3, -0.25) is 0 Å². The van der Waals surface area contributed by atoms with Gasteiger partial charge >= 0.3 is 0 Å². The van der Waals surface area contributed by atoms with Crippen LogP contribution in [0, 0.1) is 6.92 Å². The Labute approximate surface area is 147 Å². The molecule has 1 heterocycles. The molecule has 1 unspecified atom stereocenters. The number of nitrogens with one attached hydrogen (secondary N) is 1. The maximum atomic E-state index is 4.85. The van der Waals surface area contributed by atoms with E-state index in [0.29, 0.717) is 0 Å². The molecule has 0 radical (unpaired) electrons. The zero-order valence-corrected chi connectivity index (χ0v) is 14.1. The van der Waals surface area contributed by atoms with E-state index in [1.54, 1.807) is 0 Å². The van der Waals surface area contributed by atoms with Gasteiger partial charge in [0, 0.05) is 11.1 Å². The molecule has 3 aromatic carbocycles. The molecule has 0 fully saturated rings. The topological polar surface area (TPSA) is 36.8 Å². The third-order valence-electron chi connectivity index (χ3n) is 4.21. The zero-order chi connectivity index (χ0) is 17.1. The second kappa shape index (κ2) is 6.73. The Morgan fingerprint density at radius 3 is 1.96 bits per heavy atom. The van der Waals surface area contributed by atoms with Crippen LogP contribution in [0.3, 0.4) is 0 Å². The van der Waals surface area contributed by atoms with Gasteiger partial charge in [-0.2, -0.15) is 0 Å². The quantitative estimate of drug-likeness (QED) is 0.757. The van der Waals surface area contributed by atoms with Crippen molar-refractivity contribution in [3.63, 3.8) is 0 Å². The van der Waals surface area contributed by atoms with Crippen LogP contribution in [-0.2, 0) is 0 Å². The summed E-state index contributed by atoms with van der Waals surface area (Å²) in [4.78, 5) is 9.62. The van der Waals surface area contributed by atoms with Crippen LogP contribution in [0.5, 0.6) is 0 Å². The molecule has 0 saturated carbocycles. The van der Waals surface area contributed by atoms with E-state index >= 15 is 0 Å². The van der Waals surface area contributed by atoms with E-state index in [9.17, 15) is 0 Å². The molecule has 4 rings (SSSR count). The number of hydrogen-bond donors (Lipinski definition) is 1. The molecular formula is C22H19N3. The Kier molecular flexibility index (Phi) is 4.13. The van der Waals surface area contributed by atoms with Crippen LogP contribution in [0.2, 0.25) is 0 Å². The maximum absolute atomic E-state index is 4.85. The van der Waals surface area contributed by atoms with Crippen LogP contribution in [0.25, 0.3) is 0 Å². The number of nitrogens with zero attached hydrogens (tertiary/aromatic N) is 2. The zero-order valence-electron chi connectivity index (χ0n) is 14.1. The van der Waals surface area contributed by atoms with Crippen LogP contribution in [0.4, 0.5) is 0 Å². The van der Waals surface area contributed by atoms with Gasteiger partial charge in [-0.05, 0) is 12.5 Å². The predicted octanol–water partition coefficient (Wildman–Crippen LogP) is 4.49. The van der Waals surface area contributed by atoms with E-state index in [4.69, 9.17) is 9.98 Å². The van der Waals surface area contributed by atoms with Crippen LogP contribution in [-0.4, -0.2) is 11.7 Å². The fourth-order valence-corrected chi connectivity index (χ4v) is 2.83. The summed E-state index contributed by atoms with van der Waals surface area (Å²) < 4.78 is 0. The summed E-state index contributed by atoms with van der Waals surface area (Å²) in [6.07, 6.45) is -0.150. The van der Waals surface area contributed by atoms with Gasteiger partial charge in [0.25, 0.3) is 0 Å². The van der Waals surface area contributed by atoms with Gasteiger partial charge in [0.2, 0.25) is 0 Å². The number of benzene rings is 3. The first-order valence-corrected chi connectivity index (χ1v) is 8.40. The second-order valence-electron chi connectivity index (χ2n) is 6.10. The van der Waals surface area contributed by atoms with Crippen molar-refractivity contribution in [2.75, 3.05) is 0 Å².